The largest absolute Gasteiger partial charge is 0.494 e. The van der Waals surface area contributed by atoms with Gasteiger partial charge in [-0.3, -0.25) is 14.4 Å². The lowest BCUT2D eigenvalue weighted by molar-refractivity contribution is -0.131. The summed E-state index contributed by atoms with van der Waals surface area (Å²) in [5.74, 6) is 0.254. The Morgan fingerprint density at radius 2 is 1.82 bits per heavy atom. The van der Waals surface area contributed by atoms with E-state index in [0.717, 1.165) is 22.4 Å². The molecule has 200 valence electrons. The number of likely N-dealkylation sites (N-methyl/N-ethyl adjacent to an activating group) is 1. The predicted octanol–water partition coefficient (Wildman–Crippen LogP) is 3.26. The van der Waals surface area contributed by atoms with Crippen LogP contribution in [0.25, 0.3) is 0 Å². The molecule has 0 aliphatic carbocycles. The highest BCUT2D eigenvalue weighted by Crippen LogP contribution is 2.57. The predicted molar refractivity (Wildman–Crippen MR) is 147 cm³/mol. The van der Waals surface area contributed by atoms with Gasteiger partial charge in [0.1, 0.15) is 17.7 Å². The lowest BCUT2D eigenvalue weighted by atomic mass is 9.72. The minimum absolute atomic E-state index is 0.0454. The second-order valence-corrected chi connectivity index (χ2v) is 10.5. The number of para-hydroxylation sites is 1. The number of fused-ring (bicyclic) bond motifs is 6. The topological polar surface area (TPSA) is 96.2 Å². The minimum atomic E-state index is -1.02. The van der Waals surface area contributed by atoms with E-state index in [4.69, 9.17) is 10.5 Å². The molecule has 3 aliphatic rings. The Morgan fingerprint density at radius 1 is 1.03 bits per heavy atom. The Bertz CT molecular complexity index is 1440. The van der Waals surface area contributed by atoms with Gasteiger partial charge in [-0.2, -0.15) is 0 Å². The number of benzene rings is 3. The Kier molecular flexibility index (Phi) is 6.35. The van der Waals surface area contributed by atoms with E-state index < -0.39 is 11.5 Å². The van der Waals surface area contributed by atoms with Crippen molar-refractivity contribution in [1.29, 1.82) is 0 Å². The summed E-state index contributed by atoms with van der Waals surface area (Å²) in [7, 11) is 1.76. The SMILES string of the molecule is CN1CCCOc2cccc(c2)[C@@H]2N(C(=O)c3ccc(CN)cc3)CC[C@]23C(=O)N(CC1=O)c1ccccc13. The molecule has 39 heavy (non-hydrogen) atoms. The van der Waals surface area contributed by atoms with E-state index in [1.54, 1.807) is 29.0 Å². The van der Waals surface area contributed by atoms with Gasteiger partial charge in [-0.25, -0.2) is 0 Å². The van der Waals surface area contributed by atoms with Crippen LogP contribution < -0.4 is 15.4 Å². The third kappa shape index (κ3) is 4.06. The zero-order valence-electron chi connectivity index (χ0n) is 22.0. The molecular weight excluding hydrogens is 492 g/mol. The Balaban J connectivity index is 1.52. The van der Waals surface area contributed by atoms with Gasteiger partial charge >= 0.3 is 0 Å². The molecule has 1 saturated heterocycles. The van der Waals surface area contributed by atoms with Crippen molar-refractivity contribution in [2.45, 2.75) is 30.8 Å². The molecule has 1 fully saturated rings. The van der Waals surface area contributed by atoms with Gasteiger partial charge in [0, 0.05) is 37.9 Å². The summed E-state index contributed by atoms with van der Waals surface area (Å²) in [5.41, 5.74) is 8.65. The highest BCUT2D eigenvalue weighted by atomic mass is 16.5. The molecule has 2 N–H and O–H groups in total. The fourth-order valence-electron chi connectivity index (χ4n) is 6.32. The van der Waals surface area contributed by atoms with Gasteiger partial charge in [-0.15, -0.1) is 0 Å². The zero-order chi connectivity index (χ0) is 27.1. The number of ether oxygens (including phenoxy) is 1. The van der Waals surface area contributed by atoms with Crippen molar-refractivity contribution in [2.24, 2.45) is 5.73 Å². The number of hydrogen-bond acceptors (Lipinski definition) is 5. The van der Waals surface area contributed by atoms with Gasteiger partial charge in [-0.05, 0) is 59.9 Å². The van der Waals surface area contributed by atoms with Crippen LogP contribution in [0.15, 0.2) is 72.8 Å². The van der Waals surface area contributed by atoms with Crippen molar-refractivity contribution >= 4 is 23.4 Å². The molecule has 3 aromatic rings. The van der Waals surface area contributed by atoms with E-state index >= 15 is 0 Å². The molecule has 0 aromatic heterocycles. The van der Waals surface area contributed by atoms with Crippen molar-refractivity contribution < 1.29 is 19.1 Å². The van der Waals surface area contributed by atoms with Gasteiger partial charge in [0.25, 0.3) is 5.91 Å². The van der Waals surface area contributed by atoms with Gasteiger partial charge in [0.2, 0.25) is 11.8 Å². The third-order valence-corrected chi connectivity index (χ3v) is 8.32. The maximum absolute atomic E-state index is 14.5. The lowest BCUT2D eigenvalue weighted by Crippen LogP contribution is -2.48. The Labute approximate surface area is 227 Å². The van der Waals surface area contributed by atoms with Gasteiger partial charge in [0.05, 0.1) is 12.6 Å². The molecule has 3 heterocycles. The van der Waals surface area contributed by atoms with Crippen LogP contribution in [0.3, 0.4) is 0 Å². The molecule has 8 nitrogen and oxygen atoms in total. The van der Waals surface area contributed by atoms with Gasteiger partial charge in [0.15, 0.2) is 0 Å². The molecule has 1 spiro atoms. The summed E-state index contributed by atoms with van der Waals surface area (Å²) in [6.45, 7) is 1.73. The highest BCUT2D eigenvalue weighted by Gasteiger charge is 2.61. The molecular formula is C31H32N4O4. The smallest absolute Gasteiger partial charge is 0.254 e. The van der Waals surface area contributed by atoms with Crippen LogP contribution in [0, 0.1) is 0 Å². The maximum Gasteiger partial charge on any atom is 0.254 e. The molecule has 0 saturated carbocycles. The number of nitrogens with zero attached hydrogens (tertiary/aromatic N) is 3. The molecule has 4 bridgehead atoms. The van der Waals surface area contributed by atoms with E-state index in [1.807, 2.05) is 65.6 Å². The zero-order valence-corrected chi connectivity index (χ0v) is 22.0. The Morgan fingerprint density at radius 3 is 2.62 bits per heavy atom. The van der Waals surface area contributed by atoms with E-state index in [1.165, 1.54) is 0 Å². The summed E-state index contributed by atoms with van der Waals surface area (Å²) in [6, 6.07) is 22.1. The fraction of sp³-hybridized carbons (Fsp3) is 0.323. The molecule has 3 aliphatic heterocycles. The second-order valence-electron chi connectivity index (χ2n) is 10.5. The molecule has 0 unspecified atom stereocenters. The summed E-state index contributed by atoms with van der Waals surface area (Å²) in [6.07, 6.45) is 1.11. The second kappa shape index (κ2) is 9.85. The lowest BCUT2D eigenvalue weighted by Gasteiger charge is -2.35. The first-order valence-corrected chi connectivity index (χ1v) is 13.4. The first kappa shape index (κ1) is 25.1. The molecule has 2 atom stereocenters. The summed E-state index contributed by atoms with van der Waals surface area (Å²) in [4.78, 5) is 46.9. The van der Waals surface area contributed by atoms with Crippen LogP contribution in [0.5, 0.6) is 5.75 Å². The average molecular weight is 525 g/mol. The third-order valence-electron chi connectivity index (χ3n) is 8.32. The number of nitrogens with two attached hydrogens (primary N) is 1. The van der Waals surface area contributed by atoms with E-state index in [9.17, 15) is 14.4 Å². The quantitative estimate of drug-likeness (QED) is 0.555. The van der Waals surface area contributed by atoms with Crippen molar-refractivity contribution in [1.82, 2.24) is 9.80 Å². The normalized spacial score (nSPS) is 22.7. The van der Waals surface area contributed by atoms with Gasteiger partial charge in [-0.1, -0.05) is 42.5 Å². The molecule has 6 rings (SSSR count). The first-order chi connectivity index (χ1) is 18.9. The van der Waals surface area contributed by atoms with E-state index in [0.29, 0.717) is 50.4 Å². The van der Waals surface area contributed by atoms with Crippen LogP contribution in [0.4, 0.5) is 5.69 Å². The van der Waals surface area contributed by atoms with Crippen molar-refractivity contribution in [3.8, 4) is 5.75 Å². The van der Waals surface area contributed by atoms with Crippen molar-refractivity contribution in [2.75, 3.05) is 38.2 Å². The molecule has 3 amide bonds. The Hall–Kier alpha value is -4.17. The molecule has 8 heteroatoms. The van der Waals surface area contributed by atoms with Crippen LogP contribution >= 0.6 is 0 Å². The monoisotopic (exact) mass is 524 g/mol. The highest BCUT2D eigenvalue weighted by molar-refractivity contribution is 6.12. The first-order valence-electron chi connectivity index (χ1n) is 13.4. The minimum Gasteiger partial charge on any atom is -0.494 e. The van der Waals surface area contributed by atoms with Crippen LogP contribution in [0.2, 0.25) is 0 Å². The number of carbonyl (C=O) groups is 3. The maximum atomic E-state index is 14.5. The number of anilines is 1. The number of likely N-dealkylation sites (tertiary alicyclic amines) is 1. The number of rotatable bonds is 2. The molecule has 0 radical (unpaired) electrons. The standard InChI is InChI=1S/C31H32N4O4/c1-33-15-5-17-39-24-7-4-6-23(18-24)28-31(14-16-34(28)29(37)22-12-10-21(19-32)11-13-22)25-8-2-3-9-26(25)35(30(31)38)20-27(33)36/h2-4,6-13,18,28H,5,14-17,19-20,32H2,1H3/t28-,31+/m0/s1. The summed E-state index contributed by atoms with van der Waals surface area (Å²) >= 11 is 0. The number of hydrogen-bond donors (Lipinski definition) is 1. The van der Waals surface area contributed by atoms with Crippen molar-refractivity contribution in [3.05, 3.63) is 95.1 Å². The van der Waals surface area contributed by atoms with Crippen LogP contribution in [-0.4, -0.2) is 60.8 Å². The summed E-state index contributed by atoms with van der Waals surface area (Å²) < 4.78 is 6.05. The van der Waals surface area contributed by atoms with Crippen molar-refractivity contribution in [3.63, 3.8) is 0 Å². The molecule has 3 aromatic carbocycles. The fourth-order valence-corrected chi connectivity index (χ4v) is 6.32. The summed E-state index contributed by atoms with van der Waals surface area (Å²) in [5, 5.41) is 0. The number of carbonyl (C=O) groups excluding carboxylic acids is 3. The number of amides is 3. The average Bonchev–Trinajstić information content (AvgIpc) is 3.47. The van der Waals surface area contributed by atoms with Crippen LogP contribution in [0.1, 0.15) is 45.9 Å². The van der Waals surface area contributed by atoms with Crippen LogP contribution in [-0.2, 0) is 21.5 Å². The van der Waals surface area contributed by atoms with E-state index in [-0.39, 0.29) is 24.3 Å². The van der Waals surface area contributed by atoms with E-state index in [2.05, 4.69) is 0 Å². The van der Waals surface area contributed by atoms with Gasteiger partial charge < -0.3 is 25.2 Å².